The van der Waals surface area contributed by atoms with Crippen molar-refractivity contribution in [1.82, 2.24) is 10.2 Å². The Labute approximate surface area is 147 Å². The molecule has 0 spiro atoms. The van der Waals surface area contributed by atoms with E-state index in [-0.39, 0.29) is 11.9 Å². The predicted octanol–water partition coefficient (Wildman–Crippen LogP) is 2.86. The topological polar surface area (TPSA) is 48.3 Å². The standard InChI is InChI=1S/C20H22FN3O/c21-19-12-16(13-22)6-7-18(19)14-23-20(17-4-2-1-3-5-17)15-24-8-10-25-11-9-24/h1-7,12,20,23H,8-11,14-15H2/t20-/m0/s1. The zero-order chi connectivity index (χ0) is 17.5. The molecule has 1 atom stereocenters. The largest absolute Gasteiger partial charge is 0.379 e. The Balaban J connectivity index is 1.70. The molecule has 5 heteroatoms. The highest BCUT2D eigenvalue weighted by atomic mass is 19.1. The van der Waals surface area contributed by atoms with Gasteiger partial charge in [0.1, 0.15) is 5.82 Å². The predicted molar refractivity (Wildman–Crippen MR) is 94.4 cm³/mol. The quantitative estimate of drug-likeness (QED) is 0.879. The second-order valence-corrected chi connectivity index (χ2v) is 6.18. The molecule has 2 aromatic carbocycles. The van der Waals surface area contributed by atoms with Gasteiger partial charge in [-0.3, -0.25) is 4.90 Å². The lowest BCUT2D eigenvalue weighted by molar-refractivity contribution is 0.0333. The molecule has 1 aliphatic heterocycles. The lowest BCUT2D eigenvalue weighted by atomic mass is 10.0. The molecule has 0 amide bonds. The summed E-state index contributed by atoms with van der Waals surface area (Å²) in [6.07, 6.45) is 0. The Hall–Kier alpha value is -2.26. The second-order valence-electron chi connectivity index (χ2n) is 6.18. The maximum absolute atomic E-state index is 14.1. The summed E-state index contributed by atoms with van der Waals surface area (Å²) in [4.78, 5) is 2.36. The Morgan fingerprint density at radius 1 is 1.16 bits per heavy atom. The molecule has 0 unspecified atom stereocenters. The molecule has 3 rings (SSSR count). The van der Waals surface area contributed by atoms with Crippen molar-refractivity contribution in [2.45, 2.75) is 12.6 Å². The van der Waals surface area contributed by atoms with Crippen LogP contribution in [0, 0.1) is 17.1 Å². The van der Waals surface area contributed by atoms with Gasteiger partial charge in [0.25, 0.3) is 0 Å². The highest BCUT2D eigenvalue weighted by molar-refractivity contribution is 5.33. The van der Waals surface area contributed by atoms with Crippen LogP contribution >= 0.6 is 0 Å². The maximum atomic E-state index is 14.1. The molecular formula is C20H22FN3O. The molecule has 4 nitrogen and oxygen atoms in total. The molecule has 25 heavy (non-hydrogen) atoms. The van der Waals surface area contributed by atoms with E-state index in [0.29, 0.717) is 17.7 Å². The molecule has 1 N–H and O–H groups in total. The van der Waals surface area contributed by atoms with Gasteiger partial charge in [0.05, 0.1) is 24.8 Å². The molecule has 0 saturated carbocycles. The van der Waals surface area contributed by atoms with Crippen molar-refractivity contribution in [3.05, 3.63) is 71.0 Å². The van der Waals surface area contributed by atoms with Gasteiger partial charge in [0.2, 0.25) is 0 Å². The van der Waals surface area contributed by atoms with Gasteiger partial charge in [-0.2, -0.15) is 5.26 Å². The zero-order valence-corrected chi connectivity index (χ0v) is 14.1. The zero-order valence-electron chi connectivity index (χ0n) is 14.1. The number of benzene rings is 2. The van der Waals surface area contributed by atoms with Crippen molar-refractivity contribution >= 4 is 0 Å². The minimum atomic E-state index is -0.343. The number of halogens is 1. The first-order chi connectivity index (χ1) is 12.3. The van der Waals surface area contributed by atoms with Crippen LogP contribution in [0.2, 0.25) is 0 Å². The van der Waals surface area contributed by atoms with Gasteiger partial charge in [-0.05, 0) is 17.7 Å². The summed E-state index contributed by atoms with van der Waals surface area (Å²) in [6, 6.07) is 16.9. The fourth-order valence-corrected chi connectivity index (χ4v) is 3.01. The van der Waals surface area contributed by atoms with Gasteiger partial charge in [-0.25, -0.2) is 4.39 Å². The van der Waals surface area contributed by atoms with Gasteiger partial charge in [0.15, 0.2) is 0 Å². The average molecular weight is 339 g/mol. The number of ether oxygens (including phenoxy) is 1. The van der Waals surface area contributed by atoms with E-state index in [1.54, 1.807) is 12.1 Å². The Kier molecular flexibility index (Phi) is 6.13. The summed E-state index contributed by atoms with van der Waals surface area (Å²) in [5, 5.41) is 12.3. The van der Waals surface area contributed by atoms with E-state index in [0.717, 1.165) is 32.8 Å². The molecule has 0 bridgehead atoms. The van der Waals surface area contributed by atoms with Gasteiger partial charge >= 0.3 is 0 Å². The average Bonchev–Trinajstić information content (AvgIpc) is 2.67. The highest BCUT2D eigenvalue weighted by Crippen LogP contribution is 2.17. The van der Waals surface area contributed by atoms with Crippen molar-refractivity contribution in [1.29, 1.82) is 5.26 Å². The molecule has 0 radical (unpaired) electrons. The normalized spacial score (nSPS) is 16.3. The number of hydrogen-bond acceptors (Lipinski definition) is 4. The van der Waals surface area contributed by atoms with E-state index in [1.165, 1.54) is 11.6 Å². The first-order valence-corrected chi connectivity index (χ1v) is 8.53. The van der Waals surface area contributed by atoms with Crippen LogP contribution in [-0.2, 0) is 11.3 Å². The summed E-state index contributed by atoms with van der Waals surface area (Å²) < 4.78 is 19.5. The van der Waals surface area contributed by atoms with Gasteiger partial charge < -0.3 is 10.1 Å². The Morgan fingerprint density at radius 3 is 2.60 bits per heavy atom. The summed E-state index contributed by atoms with van der Waals surface area (Å²) >= 11 is 0. The number of hydrogen-bond donors (Lipinski definition) is 1. The van der Waals surface area contributed by atoms with Gasteiger partial charge in [0, 0.05) is 37.8 Å². The van der Waals surface area contributed by atoms with Crippen LogP contribution in [0.3, 0.4) is 0 Å². The molecule has 1 saturated heterocycles. The summed E-state index contributed by atoms with van der Waals surface area (Å²) in [5.41, 5.74) is 2.10. The van der Waals surface area contributed by atoms with Gasteiger partial charge in [-0.1, -0.05) is 36.4 Å². The lowest BCUT2D eigenvalue weighted by Gasteiger charge is -2.31. The molecule has 130 valence electrons. The van der Waals surface area contributed by atoms with Crippen LogP contribution in [0.1, 0.15) is 22.7 Å². The van der Waals surface area contributed by atoms with Crippen LogP contribution in [0.25, 0.3) is 0 Å². The summed E-state index contributed by atoms with van der Waals surface area (Å²) in [5.74, 6) is -0.343. The monoisotopic (exact) mass is 339 g/mol. The number of nitrogens with one attached hydrogen (secondary N) is 1. The highest BCUT2D eigenvalue weighted by Gasteiger charge is 2.18. The van der Waals surface area contributed by atoms with Crippen molar-refractivity contribution < 1.29 is 9.13 Å². The second kappa shape index (κ2) is 8.72. The third-order valence-corrected chi connectivity index (χ3v) is 4.47. The number of nitrogens with zero attached hydrogens (tertiary/aromatic N) is 2. The smallest absolute Gasteiger partial charge is 0.129 e. The first kappa shape index (κ1) is 17.6. The van der Waals surface area contributed by atoms with Crippen molar-refractivity contribution in [2.75, 3.05) is 32.8 Å². The van der Waals surface area contributed by atoms with Crippen LogP contribution in [-0.4, -0.2) is 37.7 Å². The summed E-state index contributed by atoms with van der Waals surface area (Å²) in [6.45, 7) is 4.61. The lowest BCUT2D eigenvalue weighted by Crippen LogP contribution is -2.41. The Bertz CT molecular complexity index is 723. The van der Waals surface area contributed by atoms with Crippen LogP contribution in [0.15, 0.2) is 48.5 Å². The van der Waals surface area contributed by atoms with Crippen molar-refractivity contribution in [3.63, 3.8) is 0 Å². The Morgan fingerprint density at radius 2 is 1.92 bits per heavy atom. The third-order valence-electron chi connectivity index (χ3n) is 4.47. The molecule has 0 aliphatic carbocycles. The fourth-order valence-electron chi connectivity index (χ4n) is 3.01. The molecule has 1 fully saturated rings. The number of rotatable bonds is 6. The van der Waals surface area contributed by atoms with E-state index in [1.807, 2.05) is 24.3 Å². The van der Waals surface area contributed by atoms with Crippen molar-refractivity contribution in [3.8, 4) is 6.07 Å². The van der Waals surface area contributed by atoms with E-state index < -0.39 is 0 Å². The first-order valence-electron chi connectivity index (χ1n) is 8.53. The number of nitriles is 1. The van der Waals surface area contributed by atoms with E-state index in [2.05, 4.69) is 22.3 Å². The fraction of sp³-hybridized carbons (Fsp3) is 0.350. The van der Waals surface area contributed by atoms with E-state index in [9.17, 15) is 4.39 Å². The molecule has 2 aromatic rings. The van der Waals surface area contributed by atoms with Crippen molar-refractivity contribution in [2.24, 2.45) is 0 Å². The van der Waals surface area contributed by atoms with Gasteiger partial charge in [-0.15, -0.1) is 0 Å². The summed E-state index contributed by atoms with van der Waals surface area (Å²) in [7, 11) is 0. The minimum Gasteiger partial charge on any atom is -0.379 e. The maximum Gasteiger partial charge on any atom is 0.129 e. The SMILES string of the molecule is N#Cc1ccc(CN[C@@H](CN2CCOCC2)c2ccccc2)c(F)c1. The minimum absolute atomic E-state index is 0.106. The molecular weight excluding hydrogens is 317 g/mol. The molecule has 1 aliphatic rings. The molecule has 1 heterocycles. The van der Waals surface area contributed by atoms with E-state index in [4.69, 9.17) is 10.00 Å². The van der Waals surface area contributed by atoms with E-state index >= 15 is 0 Å². The third kappa shape index (κ3) is 4.86. The van der Waals surface area contributed by atoms with Crippen LogP contribution in [0.5, 0.6) is 0 Å². The van der Waals surface area contributed by atoms with Crippen LogP contribution < -0.4 is 5.32 Å². The number of morpholine rings is 1. The molecule has 0 aromatic heterocycles. The van der Waals surface area contributed by atoms with Crippen LogP contribution in [0.4, 0.5) is 4.39 Å².